The first-order chi connectivity index (χ1) is 16.1. The number of hydrogen-bond donors (Lipinski definition) is 2. The van der Waals surface area contributed by atoms with Crippen molar-refractivity contribution in [2.75, 3.05) is 6.61 Å². The van der Waals surface area contributed by atoms with Crippen LogP contribution < -0.4 is 10.9 Å². The fourth-order valence-corrected chi connectivity index (χ4v) is 5.53. The number of nitrogens with zero attached hydrogens (tertiary/aromatic N) is 3. The van der Waals surface area contributed by atoms with Crippen molar-refractivity contribution >= 4 is 5.91 Å². The molecule has 0 unspecified atom stereocenters. The van der Waals surface area contributed by atoms with E-state index in [1.54, 1.807) is 22.9 Å². The van der Waals surface area contributed by atoms with E-state index in [0.29, 0.717) is 13.1 Å². The van der Waals surface area contributed by atoms with Crippen molar-refractivity contribution in [1.82, 2.24) is 19.8 Å². The van der Waals surface area contributed by atoms with Crippen LogP contribution in [0.3, 0.4) is 0 Å². The number of hydrogen-bond acceptors (Lipinski definition) is 5. The third kappa shape index (κ3) is 3.87. The van der Waals surface area contributed by atoms with Crippen LogP contribution in [0.5, 0.6) is 0 Å². The molecular formula is C26H28N4O3. The van der Waals surface area contributed by atoms with Crippen LogP contribution in [-0.4, -0.2) is 38.1 Å². The lowest BCUT2D eigenvalue weighted by molar-refractivity contribution is -0.128. The highest BCUT2D eigenvalue weighted by atomic mass is 16.3. The van der Waals surface area contributed by atoms with Gasteiger partial charge in [0.25, 0.3) is 5.56 Å². The molecule has 1 saturated heterocycles. The van der Waals surface area contributed by atoms with Crippen molar-refractivity contribution in [3.63, 3.8) is 0 Å². The molecule has 2 bridgehead atoms. The molecule has 2 aliphatic heterocycles. The summed E-state index contributed by atoms with van der Waals surface area (Å²) >= 11 is 0. The summed E-state index contributed by atoms with van der Waals surface area (Å²) in [5.41, 5.74) is 2.82. The standard InChI is InChI=1S/C26H28N4O3/c1-17(19-8-3-2-4-9-19)28-26(33)24-20(16-31)22-15-29-21(10-5-11-23(29)32)25(24)30(22)14-18-7-6-12-27-13-18/h2-13,17,20,22,24-25,31H,14-16H2,1H3,(H,28,33)/t17-,20+,22+,24-,25-/m1/s1. The summed E-state index contributed by atoms with van der Waals surface area (Å²) < 4.78 is 1.77. The predicted octanol–water partition coefficient (Wildman–Crippen LogP) is 2.28. The van der Waals surface area contributed by atoms with E-state index in [1.165, 1.54) is 0 Å². The Morgan fingerprint density at radius 1 is 1.15 bits per heavy atom. The van der Waals surface area contributed by atoms with Crippen molar-refractivity contribution in [3.05, 3.63) is 100 Å². The highest BCUT2D eigenvalue weighted by Gasteiger charge is 2.55. The Morgan fingerprint density at radius 2 is 1.97 bits per heavy atom. The molecule has 4 heterocycles. The molecule has 7 nitrogen and oxygen atoms in total. The maximum Gasteiger partial charge on any atom is 0.250 e. The van der Waals surface area contributed by atoms with Crippen molar-refractivity contribution in [3.8, 4) is 0 Å². The van der Waals surface area contributed by atoms with E-state index in [2.05, 4.69) is 15.2 Å². The molecular weight excluding hydrogens is 416 g/mol. The van der Waals surface area contributed by atoms with Crippen molar-refractivity contribution in [2.45, 2.75) is 38.1 Å². The van der Waals surface area contributed by atoms with Gasteiger partial charge in [0, 0.05) is 55.8 Å². The summed E-state index contributed by atoms with van der Waals surface area (Å²) in [6.07, 6.45) is 3.56. The first-order valence-electron chi connectivity index (χ1n) is 11.4. The highest BCUT2D eigenvalue weighted by molar-refractivity contribution is 5.81. The molecule has 2 N–H and O–H groups in total. The molecule has 1 fully saturated rings. The van der Waals surface area contributed by atoms with Crippen molar-refractivity contribution < 1.29 is 9.90 Å². The minimum absolute atomic E-state index is 0.0704. The molecule has 5 rings (SSSR count). The van der Waals surface area contributed by atoms with E-state index in [4.69, 9.17) is 0 Å². The summed E-state index contributed by atoms with van der Waals surface area (Å²) in [4.78, 5) is 32.8. The lowest BCUT2D eigenvalue weighted by Crippen LogP contribution is -2.45. The molecule has 7 heteroatoms. The summed E-state index contributed by atoms with van der Waals surface area (Å²) in [7, 11) is 0. The second kappa shape index (κ2) is 8.92. The van der Waals surface area contributed by atoms with E-state index in [9.17, 15) is 14.7 Å². The lowest BCUT2D eigenvalue weighted by atomic mass is 9.86. The topological polar surface area (TPSA) is 87.5 Å². The Balaban J connectivity index is 1.52. The van der Waals surface area contributed by atoms with Gasteiger partial charge in [-0.3, -0.25) is 19.5 Å². The first-order valence-corrected chi connectivity index (χ1v) is 11.4. The molecule has 170 valence electrons. The largest absolute Gasteiger partial charge is 0.396 e. The summed E-state index contributed by atoms with van der Waals surface area (Å²) in [5, 5.41) is 13.6. The van der Waals surface area contributed by atoms with Crippen LogP contribution in [0, 0.1) is 11.8 Å². The Morgan fingerprint density at radius 3 is 2.70 bits per heavy atom. The maximum atomic E-state index is 13.7. The molecule has 1 aromatic carbocycles. The Bertz CT molecular complexity index is 1180. The van der Waals surface area contributed by atoms with Crippen LogP contribution in [0.1, 0.15) is 35.8 Å². The predicted molar refractivity (Wildman–Crippen MR) is 124 cm³/mol. The van der Waals surface area contributed by atoms with Gasteiger partial charge in [0.15, 0.2) is 0 Å². The van der Waals surface area contributed by atoms with E-state index in [-0.39, 0.29) is 42.1 Å². The number of amides is 1. The minimum Gasteiger partial charge on any atom is -0.396 e. The molecule has 33 heavy (non-hydrogen) atoms. The summed E-state index contributed by atoms with van der Waals surface area (Å²) in [5.74, 6) is -0.855. The van der Waals surface area contributed by atoms with Crippen LogP contribution in [0.4, 0.5) is 0 Å². The zero-order valence-corrected chi connectivity index (χ0v) is 18.5. The van der Waals surface area contributed by atoms with E-state index >= 15 is 0 Å². The SMILES string of the molecule is C[C@@H](NC(=O)[C@@H]1[C@@H](CO)[C@@H]2Cn3c(cccc3=O)[C@H]1N2Cc1cccnc1)c1ccccc1. The van der Waals surface area contributed by atoms with Gasteiger partial charge in [-0.15, -0.1) is 0 Å². The van der Waals surface area contributed by atoms with Gasteiger partial charge in [-0.05, 0) is 30.2 Å². The average Bonchev–Trinajstić information content (AvgIpc) is 3.04. The normalized spacial score (nSPS) is 24.8. The van der Waals surface area contributed by atoms with E-state index < -0.39 is 5.92 Å². The number of aromatic nitrogens is 2. The second-order valence-electron chi connectivity index (χ2n) is 8.96. The molecule has 1 amide bonds. The van der Waals surface area contributed by atoms with Crippen LogP contribution in [-0.2, 0) is 17.9 Å². The van der Waals surface area contributed by atoms with Gasteiger partial charge in [-0.1, -0.05) is 42.5 Å². The zero-order chi connectivity index (χ0) is 22.9. The van der Waals surface area contributed by atoms with Crippen LogP contribution >= 0.6 is 0 Å². The van der Waals surface area contributed by atoms with Crippen molar-refractivity contribution in [1.29, 1.82) is 0 Å². The van der Waals surface area contributed by atoms with Gasteiger partial charge in [-0.2, -0.15) is 0 Å². The third-order valence-corrected chi connectivity index (χ3v) is 7.09. The minimum atomic E-state index is -0.474. The van der Waals surface area contributed by atoms with Crippen LogP contribution in [0.15, 0.2) is 77.9 Å². The number of pyridine rings is 2. The third-order valence-electron chi connectivity index (χ3n) is 7.09. The molecule has 0 aliphatic carbocycles. The molecule has 0 saturated carbocycles. The fourth-order valence-electron chi connectivity index (χ4n) is 5.53. The van der Waals surface area contributed by atoms with Gasteiger partial charge >= 0.3 is 0 Å². The van der Waals surface area contributed by atoms with Crippen LogP contribution in [0.2, 0.25) is 0 Å². The molecule has 0 spiro atoms. The number of carbonyl (C=O) groups excluding carboxylic acids is 1. The number of nitrogens with one attached hydrogen (secondary N) is 1. The second-order valence-corrected chi connectivity index (χ2v) is 8.96. The maximum absolute atomic E-state index is 13.7. The zero-order valence-electron chi connectivity index (χ0n) is 18.5. The number of rotatable bonds is 6. The number of aliphatic hydroxyl groups is 1. The summed E-state index contributed by atoms with van der Waals surface area (Å²) in [6, 6.07) is 18.4. The van der Waals surface area contributed by atoms with Gasteiger partial charge < -0.3 is 15.0 Å². The molecule has 5 atom stereocenters. The first kappa shape index (κ1) is 21.6. The summed E-state index contributed by atoms with van der Waals surface area (Å²) in [6.45, 7) is 2.90. The van der Waals surface area contributed by atoms with Gasteiger partial charge in [0.05, 0.1) is 18.0 Å². The number of benzene rings is 1. The monoisotopic (exact) mass is 444 g/mol. The number of aliphatic hydroxyl groups excluding tert-OH is 1. The van der Waals surface area contributed by atoms with Gasteiger partial charge in [0.1, 0.15) is 0 Å². The number of fused-ring (bicyclic) bond motifs is 4. The van der Waals surface area contributed by atoms with Crippen LogP contribution in [0.25, 0.3) is 0 Å². The molecule has 3 aromatic rings. The van der Waals surface area contributed by atoms with E-state index in [0.717, 1.165) is 16.8 Å². The van der Waals surface area contributed by atoms with Gasteiger partial charge in [0.2, 0.25) is 5.91 Å². The Kier molecular flexibility index (Phi) is 5.83. The van der Waals surface area contributed by atoms with Gasteiger partial charge in [-0.25, -0.2) is 0 Å². The van der Waals surface area contributed by atoms with Crippen molar-refractivity contribution in [2.24, 2.45) is 11.8 Å². The van der Waals surface area contributed by atoms with E-state index in [1.807, 2.05) is 61.7 Å². The Labute approximate surface area is 192 Å². The smallest absolute Gasteiger partial charge is 0.250 e. The number of carbonyl (C=O) groups is 1. The quantitative estimate of drug-likeness (QED) is 0.609. The molecule has 2 aliphatic rings. The lowest BCUT2D eigenvalue weighted by Gasteiger charge is -2.38. The molecule has 2 aromatic heterocycles. The fraction of sp³-hybridized carbons (Fsp3) is 0.346. The Hall–Kier alpha value is -3.29. The molecule has 0 radical (unpaired) electrons. The average molecular weight is 445 g/mol. The highest BCUT2D eigenvalue weighted by Crippen LogP contribution is 2.49.